The van der Waals surface area contributed by atoms with E-state index in [2.05, 4.69) is 43.4 Å². The first-order valence-electron chi connectivity index (χ1n) is 5.07. The van der Waals surface area contributed by atoms with Crippen LogP contribution in [0.2, 0.25) is 0 Å². The molecule has 2 heteroatoms. The molecule has 78 valence electrons. The monoisotopic (exact) mass is 193 g/mol. The van der Waals surface area contributed by atoms with Crippen molar-refractivity contribution in [2.24, 2.45) is 0 Å². The quantitative estimate of drug-likeness (QED) is 0.767. The van der Waals surface area contributed by atoms with E-state index in [9.17, 15) is 0 Å². The lowest BCUT2D eigenvalue weighted by atomic mass is 10.1. The van der Waals surface area contributed by atoms with Gasteiger partial charge in [-0.15, -0.1) is 0 Å². The SMILES string of the molecule is Cc1cccc([C@@H](C)NCC(C)O)c1. The van der Waals surface area contributed by atoms with Gasteiger partial charge in [-0.3, -0.25) is 0 Å². The first kappa shape index (κ1) is 11.2. The first-order chi connectivity index (χ1) is 6.59. The Hall–Kier alpha value is -0.860. The predicted molar refractivity (Wildman–Crippen MR) is 59.3 cm³/mol. The van der Waals surface area contributed by atoms with Gasteiger partial charge in [-0.2, -0.15) is 0 Å². The number of aryl methyl sites for hydroxylation is 1. The summed E-state index contributed by atoms with van der Waals surface area (Å²) in [6, 6.07) is 8.72. The largest absolute Gasteiger partial charge is 0.392 e. The Morgan fingerprint density at radius 2 is 2.07 bits per heavy atom. The molecule has 1 unspecified atom stereocenters. The maximum atomic E-state index is 9.14. The zero-order valence-electron chi connectivity index (χ0n) is 9.12. The van der Waals surface area contributed by atoms with Gasteiger partial charge in [0.25, 0.3) is 0 Å². The third kappa shape index (κ3) is 3.48. The van der Waals surface area contributed by atoms with Crippen LogP contribution in [0.3, 0.4) is 0 Å². The van der Waals surface area contributed by atoms with E-state index in [1.807, 2.05) is 0 Å². The highest BCUT2D eigenvalue weighted by atomic mass is 16.3. The summed E-state index contributed by atoms with van der Waals surface area (Å²) in [6.45, 7) is 6.62. The van der Waals surface area contributed by atoms with Crippen LogP contribution < -0.4 is 5.32 Å². The molecule has 0 bridgehead atoms. The van der Waals surface area contributed by atoms with Crippen LogP contribution in [-0.2, 0) is 0 Å². The van der Waals surface area contributed by atoms with Crippen LogP contribution in [0.15, 0.2) is 24.3 Å². The molecule has 0 radical (unpaired) electrons. The van der Waals surface area contributed by atoms with Crippen molar-refractivity contribution in [2.75, 3.05) is 6.54 Å². The second-order valence-corrected chi connectivity index (χ2v) is 3.89. The molecule has 0 aliphatic heterocycles. The van der Waals surface area contributed by atoms with Crippen molar-refractivity contribution in [3.8, 4) is 0 Å². The van der Waals surface area contributed by atoms with Crippen molar-refractivity contribution in [1.82, 2.24) is 5.32 Å². The van der Waals surface area contributed by atoms with Crippen LogP contribution in [0.5, 0.6) is 0 Å². The molecule has 0 fully saturated rings. The minimum Gasteiger partial charge on any atom is -0.392 e. The third-order valence-electron chi connectivity index (χ3n) is 2.26. The molecule has 0 heterocycles. The summed E-state index contributed by atoms with van der Waals surface area (Å²) in [5.41, 5.74) is 2.54. The maximum Gasteiger partial charge on any atom is 0.0636 e. The molecule has 14 heavy (non-hydrogen) atoms. The molecule has 0 aliphatic rings. The van der Waals surface area contributed by atoms with Crippen molar-refractivity contribution in [2.45, 2.75) is 32.9 Å². The summed E-state index contributed by atoms with van der Waals surface area (Å²) in [4.78, 5) is 0. The lowest BCUT2D eigenvalue weighted by molar-refractivity contribution is 0.187. The van der Waals surface area contributed by atoms with Crippen molar-refractivity contribution in [1.29, 1.82) is 0 Å². The van der Waals surface area contributed by atoms with Crippen molar-refractivity contribution >= 4 is 0 Å². The second-order valence-electron chi connectivity index (χ2n) is 3.89. The Labute approximate surface area is 86.0 Å². The first-order valence-corrected chi connectivity index (χ1v) is 5.07. The molecule has 0 spiro atoms. The molecular weight excluding hydrogens is 174 g/mol. The Kier molecular flexibility index (Phi) is 4.11. The van der Waals surface area contributed by atoms with Crippen molar-refractivity contribution in [3.05, 3.63) is 35.4 Å². The highest BCUT2D eigenvalue weighted by Crippen LogP contribution is 2.13. The summed E-state index contributed by atoms with van der Waals surface area (Å²) < 4.78 is 0. The highest BCUT2D eigenvalue weighted by Gasteiger charge is 2.05. The molecule has 1 rings (SSSR count). The van der Waals surface area contributed by atoms with Gasteiger partial charge >= 0.3 is 0 Å². The summed E-state index contributed by atoms with van der Waals surface area (Å²) in [5.74, 6) is 0. The normalized spacial score (nSPS) is 15.1. The van der Waals surface area contributed by atoms with Crippen LogP contribution in [0.4, 0.5) is 0 Å². The highest BCUT2D eigenvalue weighted by molar-refractivity contribution is 5.24. The number of aliphatic hydroxyl groups is 1. The van der Waals surface area contributed by atoms with E-state index in [0.717, 1.165) is 0 Å². The van der Waals surface area contributed by atoms with Crippen molar-refractivity contribution < 1.29 is 5.11 Å². The average Bonchev–Trinajstić information content (AvgIpc) is 2.14. The molecule has 1 aromatic rings. The van der Waals surface area contributed by atoms with Gasteiger partial charge in [0.1, 0.15) is 0 Å². The summed E-state index contributed by atoms with van der Waals surface area (Å²) >= 11 is 0. The van der Waals surface area contributed by atoms with Gasteiger partial charge < -0.3 is 10.4 Å². The summed E-state index contributed by atoms with van der Waals surface area (Å²) in [7, 11) is 0. The average molecular weight is 193 g/mol. The fraction of sp³-hybridized carbons (Fsp3) is 0.500. The number of nitrogens with one attached hydrogen (secondary N) is 1. The van der Waals surface area contributed by atoms with E-state index < -0.39 is 0 Å². The van der Waals surface area contributed by atoms with Crippen molar-refractivity contribution in [3.63, 3.8) is 0 Å². The maximum absolute atomic E-state index is 9.14. The van der Waals surface area contributed by atoms with Crippen LogP contribution in [0, 0.1) is 6.92 Å². The van der Waals surface area contributed by atoms with Gasteiger partial charge in [0.2, 0.25) is 0 Å². The number of aliphatic hydroxyl groups excluding tert-OH is 1. The smallest absolute Gasteiger partial charge is 0.0636 e. The number of benzene rings is 1. The van der Waals surface area contributed by atoms with Gasteiger partial charge in [-0.25, -0.2) is 0 Å². The zero-order chi connectivity index (χ0) is 10.6. The lowest BCUT2D eigenvalue weighted by Crippen LogP contribution is -2.27. The Morgan fingerprint density at radius 3 is 2.64 bits per heavy atom. The molecule has 2 atom stereocenters. The molecular formula is C12H19NO. The van der Waals surface area contributed by atoms with Crippen LogP contribution in [0.25, 0.3) is 0 Å². The molecule has 0 saturated carbocycles. The number of rotatable bonds is 4. The van der Waals surface area contributed by atoms with Crippen LogP contribution in [-0.4, -0.2) is 17.8 Å². The summed E-state index contributed by atoms with van der Waals surface area (Å²) in [5, 5.41) is 12.4. The van der Waals surface area contributed by atoms with Gasteiger partial charge in [0.15, 0.2) is 0 Å². The fourth-order valence-electron chi connectivity index (χ4n) is 1.40. The Bertz CT molecular complexity index is 283. The number of hydrogen-bond acceptors (Lipinski definition) is 2. The Balaban J connectivity index is 2.56. The van der Waals surface area contributed by atoms with E-state index in [-0.39, 0.29) is 6.10 Å². The standard InChI is InChI=1S/C12H19NO/c1-9-5-4-6-12(7-9)11(3)13-8-10(2)14/h4-7,10-11,13-14H,8H2,1-3H3/t10?,11-/m1/s1. The Morgan fingerprint density at radius 1 is 1.36 bits per heavy atom. The van der Waals surface area contributed by atoms with Gasteiger partial charge in [-0.1, -0.05) is 29.8 Å². The van der Waals surface area contributed by atoms with E-state index in [0.29, 0.717) is 12.6 Å². The zero-order valence-corrected chi connectivity index (χ0v) is 9.12. The summed E-state index contributed by atoms with van der Waals surface area (Å²) in [6.07, 6.45) is -0.290. The minimum atomic E-state index is -0.290. The molecule has 0 saturated heterocycles. The second kappa shape index (κ2) is 5.13. The van der Waals surface area contributed by atoms with E-state index >= 15 is 0 Å². The van der Waals surface area contributed by atoms with E-state index in [4.69, 9.17) is 5.11 Å². The molecule has 0 aliphatic carbocycles. The molecule has 2 N–H and O–H groups in total. The fourth-order valence-corrected chi connectivity index (χ4v) is 1.40. The van der Waals surface area contributed by atoms with Crippen LogP contribution >= 0.6 is 0 Å². The van der Waals surface area contributed by atoms with Gasteiger partial charge in [0, 0.05) is 12.6 Å². The van der Waals surface area contributed by atoms with Gasteiger partial charge in [0.05, 0.1) is 6.10 Å². The predicted octanol–water partition coefficient (Wildman–Crippen LogP) is 2.03. The molecule has 0 amide bonds. The molecule has 0 aromatic heterocycles. The minimum absolute atomic E-state index is 0.290. The van der Waals surface area contributed by atoms with Gasteiger partial charge in [-0.05, 0) is 26.3 Å². The molecule has 2 nitrogen and oxygen atoms in total. The molecule has 1 aromatic carbocycles. The van der Waals surface area contributed by atoms with Crippen LogP contribution in [0.1, 0.15) is 31.0 Å². The van der Waals surface area contributed by atoms with E-state index in [1.165, 1.54) is 11.1 Å². The number of hydrogen-bond donors (Lipinski definition) is 2. The third-order valence-corrected chi connectivity index (χ3v) is 2.26. The van der Waals surface area contributed by atoms with E-state index in [1.54, 1.807) is 6.92 Å². The topological polar surface area (TPSA) is 32.3 Å². The lowest BCUT2D eigenvalue weighted by Gasteiger charge is -2.15.